The molecular formula is C12H20N6. The summed E-state index contributed by atoms with van der Waals surface area (Å²) >= 11 is 0. The first-order chi connectivity index (χ1) is 8.72. The Morgan fingerprint density at radius 3 is 2.83 bits per heavy atom. The zero-order valence-corrected chi connectivity index (χ0v) is 10.5. The van der Waals surface area contributed by atoms with Crippen LogP contribution in [0.15, 0.2) is 6.07 Å². The van der Waals surface area contributed by atoms with Crippen LogP contribution >= 0.6 is 0 Å². The fourth-order valence-corrected chi connectivity index (χ4v) is 3.00. The summed E-state index contributed by atoms with van der Waals surface area (Å²) in [5.41, 5.74) is 11.4. The highest BCUT2D eigenvalue weighted by atomic mass is 15.3. The van der Waals surface area contributed by atoms with Crippen molar-refractivity contribution in [3.8, 4) is 0 Å². The van der Waals surface area contributed by atoms with Gasteiger partial charge in [-0.05, 0) is 19.4 Å². The molecule has 0 bridgehead atoms. The summed E-state index contributed by atoms with van der Waals surface area (Å²) in [6, 6.07) is 2.47. The van der Waals surface area contributed by atoms with Crippen molar-refractivity contribution < 1.29 is 0 Å². The lowest BCUT2D eigenvalue weighted by atomic mass is 9.99. The van der Waals surface area contributed by atoms with E-state index in [9.17, 15) is 0 Å². The van der Waals surface area contributed by atoms with Gasteiger partial charge in [0.05, 0.1) is 0 Å². The van der Waals surface area contributed by atoms with Gasteiger partial charge < -0.3 is 16.4 Å². The van der Waals surface area contributed by atoms with Crippen LogP contribution in [0.25, 0.3) is 0 Å². The van der Waals surface area contributed by atoms with Crippen molar-refractivity contribution in [3.63, 3.8) is 0 Å². The number of piperidine rings is 1. The van der Waals surface area contributed by atoms with Gasteiger partial charge in [-0.1, -0.05) is 6.42 Å². The molecule has 1 aromatic heterocycles. The normalized spacial score (nSPS) is 24.9. The van der Waals surface area contributed by atoms with E-state index in [4.69, 9.17) is 11.5 Å². The highest BCUT2D eigenvalue weighted by Gasteiger charge is 2.29. The Labute approximate surface area is 107 Å². The summed E-state index contributed by atoms with van der Waals surface area (Å²) in [6.45, 7) is 4.36. The lowest BCUT2D eigenvalue weighted by Gasteiger charge is -2.44. The molecular weight excluding hydrogens is 228 g/mol. The number of rotatable bonds is 1. The molecule has 98 valence electrons. The van der Waals surface area contributed by atoms with Crippen LogP contribution in [0.4, 0.5) is 17.6 Å². The first-order valence-corrected chi connectivity index (χ1v) is 6.61. The fourth-order valence-electron chi connectivity index (χ4n) is 3.00. The molecule has 0 amide bonds. The maximum atomic E-state index is 5.73. The fraction of sp³-hybridized carbons (Fsp3) is 0.667. The zero-order chi connectivity index (χ0) is 12.5. The number of nitrogen functional groups attached to an aromatic ring is 2. The van der Waals surface area contributed by atoms with E-state index < -0.39 is 0 Å². The minimum absolute atomic E-state index is 0.260. The van der Waals surface area contributed by atoms with Gasteiger partial charge in [-0.25, -0.2) is 0 Å². The van der Waals surface area contributed by atoms with Crippen molar-refractivity contribution in [3.05, 3.63) is 6.07 Å². The topological polar surface area (TPSA) is 84.3 Å². The van der Waals surface area contributed by atoms with Crippen molar-refractivity contribution in [1.29, 1.82) is 0 Å². The van der Waals surface area contributed by atoms with E-state index in [0.29, 0.717) is 11.9 Å². The van der Waals surface area contributed by atoms with E-state index >= 15 is 0 Å². The summed E-state index contributed by atoms with van der Waals surface area (Å²) < 4.78 is 0. The number of aromatic nitrogens is 2. The molecule has 1 unspecified atom stereocenters. The third-order valence-corrected chi connectivity index (χ3v) is 3.91. The first kappa shape index (κ1) is 11.5. The molecule has 1 aromatic rings. The van der Waals surface area contributed by atoms with Gasteiger partial charge in [-0.15, -0.1) is 0 Å². The van der Waals surface area contributed by atoms with Crippen LogP contribution in [0.5, 0.6) is 0 Å². The summed E-state index contributed by atoms with van der Waals surface area (Å²) in [7, 11) is 0. The maximum absolute atomic E-state index is 5.73. The lowest BCUT2D eigenvalue weighted by molar-refractivity contribution is 0.133. The van der Waals surface area contributed by atoms with Crippen LogP contribution < -0.4 is 16.4 Å². The molecule has 0 radical (unpaired) electrons. The Morgan fingerprint density at radius 2 is 2.00 bits per heavy atom. The molecule has 6 nitrogen and oxygen atoms in total. The Balaban J connectivity index is 1.76. The summed E-state index contributed by atoms with van der Waals surface area (Å²) in [5, 5.41) is 0. The number of fused-ring (bicyclic) bond motifs is 1. The standard InChI is InChI=1S/C12H20N6/c13-10-7-11(16-12(14)15-10)18-6-5-17-4-2-1-3-9(17)8-18/h7,9H,1-6,8H2,(H4,13,14,15,16). The van der Waals surface area contributed by atoms with Crippen LogP contribution in [0.3, 0.4) is 0 Å². The zero-order valence-electron chi connectivity index (χ0n) is 10.5. The van der Waals surface area contributed by atoms with Crippen molar-refractivity contribution >= 4 is 17.6 Å². The molecule has 4 N–H and O–H groups in total. The Morgan fingerprint density at radius 1 is 1.11 bits per heavy atom. The second kappa shape index (κ2) is 4.61. The largest absolute Gasteiger partial charge is 0.383 e. The van der Waals surface area contributed by atoms with E-state index in [0.717, 1.165) is 25.5 Å². The Kier molecular flexibility index (Phi) is 2.95. The number of anilines is 3. The molecule has 2 aliphatic heterocycles. The molecule has 3 heterocycles. The monoisotopic (exact) mass is 248 g/mol. The molecule has 2 saturated heterocycles. The molecule has 2 fully saturated rings. The number of hydrogen-bond acceptors (Lipinski definition) is 6. The number of hydrogen-bond donors (Lipinski definition) is 2. The third kappa shape index (κ3) is 2.20. The predicted octanol–water partition coefficient (Wildman–Crippen LogP) is 0.315. The maximum Gasteiger partial charge on any atom is 0.223 e. The predicted molar refractivity (Wildman–Crippen MR) is 72.3 cm³/mol. The molecule has 0 saturated carbocycles. The quantitative estimate of drug-likeness (QED) is 0.744. The molecule has 0 aromatic carbocycles. The van der Waals surface area contributed by atoms with Crippen molar-refractivity contribution in [1.82, 2.24) is 14.9 Å². The van der Waals surface area contributed by atoms with Crippen molar-refractivity contribution in [2.45, 2.75) is 25.3 Å². The lowest BCUT2D eigenvalue weighted by Crippen LogP contribution is -2.55. The molecule has 3 rings (SSSR count). The minimum atomic E-state index is 0.260. The molecule has 1 atom stereocenters. The molecule has 0 spiro atoms. The Hall–Kier alpha value is -1.56. The van der Waals surface area contributed by atoms with Crippen molar-refractivity contribution in [2.24, 2.45) is 0 Å². The summed E-state index contributed by atoms with van der Waals surface area (Å²) in [5.74, 6) is 1.57. The molecule has 0 aliphatic carbocycles. The summed E-state index contributed by atoms with van der Waals surface area (Å²) in [6.07, 6.45) is 3.96. The van der Waals surface area contributed by atoms with E-state index in [1.54, 1.807) is 0 Å². The van der Waals surface area contributed by atoms with Gasteiger partial charge in [-0.2, -0.15) is 9.97 Å². The second-order valence-electron chi connectivity index (χ2n) is 5.14. The van der Waals surface area contributed by atoms with Gasteiger partial charge in [0.15, 0.2) is 0 Å². The van der Waals surface area contributed by atoms with E-state index in [-0.39, 0.29) is 5.95 Å². The van der Waals surface area contributed by atoms with Crippen LogP contribution in [0.1, 0.15) is 19.3 Å². The van der Waals surface area contributed by atoms with Gasteiger partial charge in [0.25, 0.3) is 0 Å². The number of nitrogens with zero attached hydrogens (tertiary/aromatic N) is 4. The average molecular weight is 248 g/mol. The highest BCUT2D eigenvalue weighted by molar-refractivity contribution is 5.50. The van der Waals surface area contributed by atoms with Gasteiger partial charge in [0, 0.05) is 31.7 Å². The van der Waals surface area contributed by atoms with E-state index in [1.807, 2.05) is 6.07 Å². The smallest absolute Gasteiger partial charge is 0.223 e. The minimum Gasteiger partial charge on any atom is -0.383 e. The SMILES string of the molecule is Nc1cc(N2CCN3CCCCC3C2)nc(N)n1. The van der Waals surface area contributed by atoms with E-state index in [1.165, 1.54) is 25.8 Å². The molecule has 2 aliphatic rings. The average Bonchev–Trinajstić information content (AvgIpc) is 2.37. The van der Waals surface area contributed by atoms with Crippen molar-refractivity contribution in [2.75, 3.05) is 42.5 Å². The van der Waals surface area contributed by atoms with Crippen LogP contribution in [0, 0.1) is 0 Å². The summed E-state index contributed by atoms with van der Waals surface area (Å²) in [4.78, 5) is 13.1. The Bertz CT molecular complexity index is 414. The third-order valence-electron chi connectivity index (χ3n) is 3.91. The van der Waals surface area contributed by atoms with E-state index in [2.05, 4.69) is 19.8 Å². The van der Waals surface area contributed by atoms with Gasteiger partial charge in [0.2, 0.25) is 5.95 Å². The second-order valence-corrected chi connectivity index (χ2v) is 5.14. The van der Waals surface area contributed by atoms with Crippen LogP contribution in [-0.4, -0.2) is 47.1 Å². The van der Waals surface area contributed by atoms with Gasteiger partial charge in [-0.3, -0.25) is 4.90 Å². The molecule has 18 heavy (non-hydrogen) atoms. The van der Waals surface area contributed by atoms with Gasteiger partial charge in [0.1, 0.15) is 11.6 Å². The number of piperazine rings is 1. The highest BCUT2D eigenvalue weighted by Crippen LogP contribution is 2.24. The van der Waals surface area contributed by atoms with Crippen LogP contribution in [0.2, 0.25) is 0 Å². The van der Waals surface area contributed by atoms with Gasteiger partial charge >= 0.3 is 0 Å². The number of nitrogens with two attached hydrogens (primary N) is 2. The molecule has 6 heteroatoms. The van der Waals surface area contributed by atoms with Crippen LogP contribution in [-0.2, 0) is 0 Å². The first-order valence-electron chi connectivity index (χ1n) is 6.61.